The first kappa shape index (κ1) is 12.0. The van der Waals surface area contributed by atoms with Crippen LogP contribution < -0.4 is 5.76 Å². The van der Waals surface area contributed by atoms with Crippen molar-refractivity contribution in [1.29, 1.82) is 0 Å². The summed E-state index contributed by atoms with van der Waals surface area (Å²) in [6.07, 6.45) is 3.16. The largest absolute Gasteiger partial charge is 0.434 e. The van der Waals surface area contributed by atoms with Gasteiger partial charge in [0.1, 0.15) is 4.88 Å². The van der Waals surface area contributed by atoms with Crippen LogP contribution in [0.2, 0.25) is 0 Å². The van der Waals surface area contributed by atoms with Gasteiger partial charge in [-0.2, -0.15) is 0 Å². The van der Waals surface area contributed by atoms with Gasteiger partial charge in [-0.05, 0) is 24.4 Å². The Morgan fingerprint density at radius 3 is 3.16 bits per heavy atom. The minimum absolute atomic E-state index is 0.0440. The fourth-order valence-electron chi connectivity index (χ4n) is 2.20. The monoisotopic (exact) mass is 281 g/mol. The van der Waals surface area contributed by atoms with Crippen molar-refractivity contribution in [2.45, 2.75) is 18.8 Å². The van der Waals surface area contributed by atoms with E-state index in [9.17, 15) is 9.59 Å². The summed E-state index contributed by atoms with van der Waals surface area (Å²) in [5.41, 5.74) is 0. The van der Waals surface area contributed by atoms with Gasteiger partial charge in [-0.25, -0.2) is 9.89 Å². The number of aromatic nitrogens is 4. The van der Waals surface area contributed by atoms with Crippen molar-refractivity contribution >= 4 is 17.4 Å². The lowest BCUT2D eigenvalue weighted by atomic mass is 9.98. The fraction of sp³-hybridized carbons (Fsp3) is 0.500. The molecule has 1 fully saturated rings. The predicted molar refractivity (Wildman–Crippen MR) is 64.9 cm³/mol. The van der Waals surface area contributed by atoms with Gasteiger partial charge in [0.25, 0.3) is 5.91 Å². The van der Waals surface area contributed by atoms with Crippen LogP contribution >= 0.6 is 11.5 Å². The maximum absolute atomic E-state index is 12.2. The molecule has 19 heavy (non-hydrogen) atoms. The molecule has 0 aliphatic carbocycles. The number of piperidine rings is 1. The van der Waals surface area contributed by atoms with Crippen LogP contribution in [0.4, 0.5) is 0 Å². The van der Waals surface area contributed by atoms with Crippen LogP contribution in [-0.4, -0.2) is 43.7 Å². The lowest BCUT2D eigenvalue weighted by Crippen LogP contribution is -2.38. The molecule has 2 aromatic rings. The van der Waals surface area contributed by atoms with Crippen molar-refractivity contribution in [2.24, 2.45) is 0 Å². The van der Waals surface area contributed by atoms with Crippen molar-refractivity contribution in [3.8, 4) is 0 Å². The van der Waals surface area contributed by atoms with Crippen molar-refractivity contribution in [3.05, 3.63) is 27.5 Å². The van der Waals surface area contributed by atoms with Crippen molar-refractivity contribution in [1.82, 2.24) is 24.7 Å². The first-order chi connectivity index (χ1) is 9.24. The molecule has 0 saturated carbocycles. The Balaban J connectivity index is 1.75. The Bertz CT molecular complexity index is 619. The van der Waals surface area contributed by atoms with E-state index < -0.39 is 5.76 Å². The smallest absolute Gasteiger partial charge is 0.392 e. The van der Waals surface area contributed by atoms with Crippen molar-refractivity contribution in [3.63, 3.8) is 0 Å². The van der Waals surface area contributed by atoms with Crippen LogP contribution in [0.15, 0.2) is 15.4 Å². The van der Waals surface area contributed by atoms with Crippen LogP contribution in [0.1, 0.15) is 34.3 Å². The molecule has 1 aliphatic rings. The van der Waals surface area contributed by atoms with E-state index in [1.54, 1.807) is 4.90 Å². The van der Waals surface area contributed by atoms with E-state index in [1.807, 2.05) is 0 Å². The summed E-state index contributed by atoms with van der Waals surface area (Å²) in [6, 6.07) is 0. The summed E-state index contributed by atoms with van der Waals surface area (Å²) in [4.78, 5) is 25.4. The number of likely N-dealkylation sites (tertiary alicyclic amines) is 1. The highest BCUT2D eigenvalue weighted by Crippen LogP contribution is 2.25. The first-order valence-corrected chi connectivity index (χ1v) is 6.63. The third-order valence-electron chi connectivity index (χ3n) is 3.08. The second-order valence-corrected chi connectivity index (χ2v) is 5.11. The number of nitrogens with zero attached hydrogens (tertiary/aromatic N) is 4. The quantitative estimate of drug-likeness (QED) is 0.845. The highest BCUT2D eigenvalue weighted by Gasteiger charge is 2.29. The maximum Gasteiger partial charge on any atom is 0.434 e. The van der Waals surface area contributed by atoms with Gasteiger partial charge < -0.3 is 9.32 Å². The Hall–Kier alpha value is -2.03. The summed E-state index contributed by atoms with van der Waals surface area (Å²) in [6.45, 7) is 1.17. The molecule has 9 heteroatoms. The topological polar surface area (TPSA) is 105 Å². The van der Waals surface area contributed by atoms with Crippen molar-refractivity contribution < 1.29 is 9.21 Å². The summed E-state index contributed by atoms with van der Waals surface area (Å²) in [7, 11) is 0. The van der Waals surface area contributed by atoms with Crippen LogP contribution in [-0.2, 0) is 0 Å². The highest BCUT2D eigenvalue weighted by molar-refractivity contribution is 7.07. The molecule has 3 rings (SSSR count). The highest BCUT2D eigenvalue weighted by atomic mass is 32.1. The molecule has 1 atom stereocenters. The number of H-pyrrole nitrogens is 1. The second-order valence-electron chi connectivity index (χ2n) is 4.32. The van der Waals surface area contributed by atoms with Gasteiger partial charge in [-0.1, -0.05) is 4.49 Å². The number of nitrogens with one attached hydrogen (secondary N) is 1. The number of hydrogen-bond donors (Lipinski definition) is 1. The first-order valence-electron chi connectivity index (χ1n) is 5.86. The molecule has 100 valence electrons. The Kier molecular flexibility index (Phi) is 3.11. The molecule has 1 aliphatic heterocycles. The predicted octanol–water partition coefficient (Wildman–Crippen LogP) is 0.234. The Morgan fingerprint density at radius 2 is 2.47 bits per heavy atom. The molecular formula is C10H11N5O3S. The fourth-order valence-corrected chi connectivity index (χ4v) is 2.68. The summed E-state index contributed by atoms with van der Waals surface area (Å²) in [5, 5.41) is 9.74. The lowest BCUT2D eigenvalue weighted by molar-refractivity contribution is 0.0702. The van der Waals surface area contributed by atoms with Crippen molar-refractivity contribution in [2.75, 3.05) is 13.1 Å². The average Bonchev–Trinajstić information content (AvgIpc) is 3.09. The summed E-state index contributed by atoms with van der Waals surface area (Å²) in [5.74, 6) is -0.329. The minimum Gasteiger partial charge on any atom is -0.392 e. The number of carbonyl (C=O) groups excluding carboxylic acids is 1. The molecule has 0 spiro atoms. The third-order valence-corrected chi connectivity index (χ3v) is 3.74. The molecule has 3 heterocycles. The third kappa shape index (κ3) is 2.41. The normalized spacial score (nSPS) is 19.6. The molecule has 1 N–H and O–H groups in total. The van der Waals surface area contributed by atoms with Crippen LogP contribution in [0.3, 0.4) is 0 Å². The number of aromatic amines is 1. The van der Waals surface area contributed by atoms with E-state index in [-0.39, 0.29) is 11.8 Å². The number of carbonyl (C=O) groups is 1. The van der Waals surface area contributed by atoms with Gasteiger partial charge in [0, 0.05) is 13.1 Å². The molecule has 8 nitrogen and oxygen atoms in total. The standard InChI is InChI=1S/C10H11N5O3S/c16-9(7-4-11-14-19-7)15-3-1-2-6(5-15)8-12-13-10(17)18-8/h4,6H,1-3,5H2,(H,13,17)/t6-/m0/s1. The van der Waals surface area contributed by atoms with Gasteiger partial charge in [-0.15, -0.1) is 10.2 Å². The zero-order valence-electron chi connectivity index (χ0n) is 9.90. The SMILES string of the molecule is O=C(c1cnns1)N1CCC[C@H](c2n[nH]c(=O)o2)C1. The second kappa shape index (κ2) is 4.92. The van der Waals surface area contributed by atoms with E-state index in [0.29, 0.717) is 23.9 Å². The zero-order valence-corrected chi connectivity index (χ0v) is 10.7. The van der Waals surface area contributed by atoms with Crippen LogP contribution in [0.5, 0.6) is 0 Å². The number of hydrogen-bond acceptors (Lipinski definition) is 7. The van der Waals surface area contributed by atoms with E-state index in [2.05, 4.69) is 19.8 Å². The van der Waals surface area contributed by atoms with Crippen LogP contribution in [0, 0.1) is 0 Å². The lowest BCUT2D eigenvalue weighted by Gasteiger charge is -2.30. The molecule has 0 aromatic carbocycles. The molecule has 0 bridgehead atoms. The van der Waals surface area contributed by atoms with Gasteiger partial charge in [0.15, 0.2) is 0 Å². The van der Waals surface area contributed by atoms with Crippen LogP contribution in [0.25, 0.3) is 0 Å². The Morgan fingerprint density at radius 1 is 1.58 bits per heavy atom. The van der Waals surface area contributed by atoms with E-state index in [0.717, 1.165) is 24.4 Å². The maximum atomic E-state index is 12.2. The van der Waals surface area contributed by atoms with E-state index in [4.69, 9.17) is 4.42 Å². The van der Waals surface area contributed by atoms with Gasteiger partial charge in [0.2, 0.25) is 5.89 Å². The van der Waals surface area contributed by atoms with E-state index in [1.165, 1.54) is 6.20 Å². The number of amides is 1. The average molecular weight is 281 g/mol. The van der Waals surface area contributed by atoms with Gasteiger partial charge >= 0.3 is 5.76 Å². The molecule has 0 unspecified atom stereocenters. The summed E-state index contributed by atoms with van der Waals surface area (Å²) < 4.78 is 8.65. The molecule has 1 amide bonds. The van der Waals surface area contributed by atoms with E-state index >= 15 is 0 Å². The molecule has 2 aromatic heterocycles. The minimum atomic E-state index is -0.565. The molecular weight excluding hydrogens is 270 g/mol. The zero-order chi connectivity index (χ0) is 13.2. The summed E-state index contributed by atoms with van der Waals surface area (Å²) >= 11 is 1.08. The van der Waals surface area contributed by atoms with Gasteiger partial charge in [-0.3, -0.25) is 4.79 Å². The number of rotatable bonds is 2. The molecule has 0 radical (unpaired) electrons. The Labute approximate surface area is 111 Å². The van der Waals surface area contributed by atoms with Gasteiger partial charge in [0.05, 0.1) is 12.1 Å². The molecule has 1 saturated heterocycles.